The lowest BCUT2D eigenvalue weighted by molar-refractivity contribution is 0.145. The molecule has 0 unspecified atom stereocenters. The Hall–Kier alpha value is -2.71. The van der Waals surface area contributed by atoms with Crippen molar-refractivity contribution in [2.24, 2.45) is 0 Å². The molecule has 0 saturated carbocycles. The first-order valence-electron chi connectivity index (χ1n) is 8.57. The molecular formula is C20H23N3O2. The standard InChI is InChI=1S/C20H23N3O2/c1-14-3-2-4-15(20(14)25)13-22-17-5-6-19(16(11-17)12-21)23-9-7-18(24)8-10-23/h2-6,11,18,22,24-25H,7-10,13H2,1H3. The number of hydrogen-bond donors (Lipinski definition) is 3. The van der Waals surface area contributed by atoms with E-state index in [9.17, 15) is 15.5 Å². The fourth-order valence-electron chi connectivity index (χ4n) is 3.18. The fraction of sp³-hybridized carbons (Fsp3) is 0.350. The van der Waals surface area contributed by atoms with Crippen molar-refractivity contribution in [2.45, 2.75) is 32.4 Å². The number of benzene rings is 2. The number of hydrogen-bond acceptors (Lipinski definition) is 5. The van der Waals surface area contributed by atoms with Gasteiger partial charge in [-0.2, -0.15) is 5.26 Å². The summed E-state index contributed by atoms with van der Waals surface area (Å²) in [6.07, 6.45) is 1.24. The molecule has 3 N–H and O–H groups in total. The number of aliphatic hydroxyl groups excluding tert-OH is 1. The molecule has 0 spiro atoms. The Morgan fingerprint density at radius 2 is 2.00 bits per heavy atom. The Bertz CT molecular complexity index is 790. The van der Waals surface area contributed by atoms with Gasteiger partial charge in [0.25, 0.3) is 0 Å². The molecule has 1 aliphatic rings. The maximum Gasteiger partial charge on any atom is 0.123 e. The first-order valence-corrected chi connectivity index (χ1v) is 8.57. The summed E-state index contributed by atoms with van der Waals surface area (Å²) in [5, 5.41) is 32.5. The minimum atomic E-state index is -0.232. The number of piperidine rings is 1. The van der Waals surface area contributed by atoms with Crippen LogP contribution in [0.4, 0.5) is 11.4 Å². The second kappa shape index (κ2) is 7.45. The van der Waals surface area contributed by atoms with Gasteiger partial charge in [-0.3, -0.25) is 0 Å². The highest BCUT2D eigenvalue weighted by Gasteiger charge is 2.19. The van der Waals surface area contributed by atoms with Gasteiger partial charge in [-0.15, -0.1) is 0 Å². The van der Waals surface area contributed by atoms with Gasteiger partial charge >= 0.3 is 0 Å². The molecule has 2 aromatic rings. The van der Waals surface area contributed by atoms with Crippen molar-refractivity contribution in [1.82, 2.24) is 0 Å². The molecule has 0 bridgehead atoms. The van der Waals surface area contributed by atoms with E-state index < -0.39 is 0 Å². The number of nitriles is 1. The van der Waals surface area contributed by atoms with E-state index in [0.717, 1.165) is 48.4 Å². The monoisotopic (exact) mass is 337 g/mol. The maximum absolute atomic E-state index is 10.1. The van der Waals surface area contributed by atoms with Crippen molar-refractivity contribution >= 4 is 11.4 Å². The number of aryl methyl sites for hydroxylation is 1. The molecule has 2 aromatic carbocycles. The third kappa shape index (κ3) is 3.86. The second-order valence-corrected chi connectivity index (χ2v) is 6.50. The van der Waals surface area contributed by atoms with Crippen molar-refractivity contribution in [3.05, 3.63) is 53.1 Å². The van der Waals surface area contributed by atoms with E-state index in [-0.39, 0.29) is 6.10 Å². The van der Waals surface area contributed by atoms with Crippen LogP contribution in [0.15, 0.2) is 36.4 Å². The Morgan fingerprint density at radius 1 is 1.24 bits per heavy atom. The SMILES string of the molecule is Cc1cccc(CNc2ccc(N3CCC(O)CC3)c(C#N)c2)c1O. The summed E-state index contributed by atoms with van der Waals surface area (Å²) < 4.78 is 0. The van der Waals surface area contributed by atoms with Gasteiger partial charge in [0.05, 0.1) is 17.4 Å². The molecule has 1 aliphatic heterocycles. The molecule has 1 fully saturated rings. The van der Waals surface area contributed by atoms with Gasteiger partial charge < -0.3 is 20.4 Å². The summed E-state index contributed by atoms with van der Waals surface area (Å²) >= 11 is 0. The van der Waals surface area contributed by atoms with Gasteiger partial charge in [-0.1, -0.05) is 18.2 Å². The van der Waals surface area contributed by atoms with Gasteiger partial charge in [0.15, 0.2) is 0 Å². The lowest BCUT2D eigenvalue weighted by Crippen LogP contribution is -2.36. The molecule has 5 nitrogen and oxygen atoms in total. The number of rotatable bonds is 4. The molecule has 130 valence electrons. The lowest BCUT2D eigenvalue weighted by Gasteiger charge is -2.32. The number of nitrogens with one attached hydrogen (secondary N) is 1. The first-order chi connectivity index (χ1) is 12.1. The van der Waals surface area contributed by atoms with Gasteiger partial charge in [-0.25, -0.2) is 0 Å². The van der Waals surface area contributed by atoms with E-state index >= 15 is 0 Å². The minimum Gasteiger partial charge on any atom is -0.507 e. The zero-order valence-electron chi connectivity index (χ0n) is 14.4. The summed E-state index contributed by atoms with van der Waals surface area (Å²) in [4.78, 5) is 2.15. The average molecular weight is 337 g/mol. The van der Waals surface area contributed by atoms with Crippen LogP contribution < -0.4 is 10.2 Å². The van der Waals surface area contributed by atoms with E-state index in [2.05, 4.69) is 16.3 Å². The van der Waals surface area contributed by atoms with E-state index in [0.29, 0.717) is 17.9 Å². The van der Waals surface area contributed by atoms with Gasteiger partial charge in [0, 0.05) is 30.9 Å². The molecule has 0 radical (unpaired) electrons. The van der Waals surface area contributed by atoms with Crippen LogP contribution in [-0.4, -0.2) is 29.4 Å². The van der Waals surface area contributed by atoms with E-state index in [1.165, 1.54) is 0 Å². The smallest absolute Gasteiger partial charge is 0.123 e. The summed E-state index contributed by atoms with van der Waals surface area (Å²) in [6, 6.07) is 13.7. The van der Waals surface area contributed by atoms with Crippen molar-refractivity contribution < 1.29 is 10.2 Å². The normalized spacial score (nSPS) is 15.0. The summed E-state index contributed by atoms with van der Waals surface area (Å²) in [7, 11) is 0. The number of para-hydroxylation sites is 1. The predicted octanol–water partition coefficient (Wildman–Crippen LogP) is 3.15. The number of phenols is 1. The molecule has 1 saturated heterocycles. The summed E-state index contributed by atoms with van der Waals surface area (Å²) in [5.41, 5.74) is 4.05. The molecule has 1 heterocycles. The van der Waals surface area contributed by atoms with Crippen LogP contribution in [0.25, 0.3) is 0 Å². The van der Waals surface area contributed by atoms with Gasteiger partial charge in [0.1, 0.15) is 11.8 Å². The minimum absolute atomic E-state index is 0.232. The van der Waals surface area contributed by atoms with Gasteiger partial charge in [0.2, 0.25) is 0 Å². The fourth-order valence-corrected chi connectivity index (χ4v) is 3.18. The van der Waals surface area contributed by atoms with Gasteiger partial charge in [-0.05, 0) is 43.5 Å². The predicted molar refractivity (Wildman–Crippen MR) is 98.8 cm³/mol. The molecular weight excluding hydrogens is 314 g/mol. The third-order valence-electron chi connectivity index (χ3n) is 4.73. The van der Waals surface area contributed by atoms with Crippen LogP contribution in [0.5, 0.6) is 5.75 Å². The highest BCUT2D eigenvalue weighted by atomic mass is 16.3. The second-order valence-electron chi connectivity index (χ2n) is 6.50. The highest BCUT2D eigenvalue weighted by molar-refractivity contribution is 5.65. The molecule has 0 atom stereocenters. The summed E-state index contributed by atoms with van der Waals surface area (Å²) in [5.74, 6) is 0.305. The van der Waals surface area contributed by atoms with Crippen LogP contribution in [0.1, 0.15) is 29.5 Å². The topological polar surface area (TPSA) is 79.5 Å². The Labute approximate surface area is 148 Å². The lowest BCUT2D eigenvalue weighted by atomic mass is 10.0. The van der Waals surface area contributed by atoms with Crippen molar-refractivity contribution in [3.63, 3.8) is 0 Å². The zero-order valence-corrected chi connectivity index (χ0v) is 14.4. The Kier molecular flexibility index (Phi) is 5.11. The van der Waals surface area contributed by atoms with Crippen LogP contribution in [0, 0.1) is 18.3 Å². The molecule has 3 rings (SSSR count). The number of nitrogens with zero attached hydrogens (tertiary/aromatic N) is 2. The van der Waals surface area contributed by atoms with Crippen molar-refractivity contribution in [2.75, 3.05) is 23.3 Å². The van der Waals surface area contributed by atoms with E-state index in [1.807, 2.05) is 43.3 Å². The molecule has 0 amide bonds. The van der Waals surface area contributed by atoms with E-state index in [1.54, 1.807) is 0 Å². The molecule has 0 aliphatic carbocycles. The van der Waals surface area contributed by atoms with Crippen LogP contribution in [0.3, 0.4) is 0 Å². The van der Waals surface area contributed by atoms with Crippen LogP contribution in [-0.2, 0) is 6.54 Å². The maximum atomic E-state index is 10.1. The van der Waals surface area contributed by atoms with Crippen molar-refractivity contribution in [3.8, 4) is 11.8 Å². The first kappa shape index (κ1) is 17.1. The van der Waals surface area contributed by atoms with E-state index in [4.69, 9.17) is 0 Å². The Balaban J connectivity index is 1.73. The molecule has 5 heteroatoms. The van der Waals surface area contributed by atoms with Crippen LogP contribution >= 0.6 is 0 Å². The number of phenolic OH excluding ortho intramolecular Hbond substituents is 1. The number of aliphatic hydroxyl groups is 1. The third-order valence-corrected chi connectivity index (χ3v) is 4.73. The van der Waals surface area contributed by atoms with Crippen LogP contribution in [0.2, 0.25) is 0 Å². The average Bonchev–Trinajstić information content (AvgIpc) is 2.63. The van der Waals surface area contributed by atoms with Crippen molar-refractivity contribution in [1.29, 1.82) is 5.26 Å². The molecule has 25 heavy (non-hydrogen) atoms. The quantitative estimate of drug-likeness (QED) is 0.799. The largest absolute Gasteiger partial charge is 0.507 e. The number of anilines is 2. The summed E-state index contributed by atoms with van der Waals surface area (Å²) in [6.45, 7) is 3.89. The zero-order chi connectivity index (χ0) is 17.8. The molecule has 0 aromatic heterocycles. The highest BCUT2D eigenvalue weighted by Crippen LogP contribution is 2.28. The Morgan fingerprint density at radius 3 is 2.72 bits per heavy atom. The number of aromatic hydroxyl groups is 1.